The molecule has 1 saturated heterocycles. The molecule has 0 bridgehead atoms. The lowest BCUT2D eigenvalue weighted by Crippen LogP contribution is -2.55. The van der Waals surface area contributed by atoms with Crippen molar-refractivity contribution in [3.8, 4) is 5.75 Å². The quantitative estimate of drug-likeness (QED) is 0.588. The fourth-order valence-electron chi connectivity index (χ4n) is 2.85. The van der Waals surface area contributed by atoms with E-state index in [2.05, 4.69) is 5.32 Å². The number of aliphatic hydroxyl groups is 1. The van der Waals surface area contributed by atoms with Crippen LogP contribution in [0.3, 0.4) is 0 Å². The van der Waals surface area contributed by atoms with E-state index in [4.69, 9.17) is 10.5 Å². The number of hydrogen-bond acceptors (Lipinski definition) is 6. The number of piperidine rings is 1. The number of ether oxygens (including phenoxy) is 1. The molecule has 0 spiro atoms. The number of hydrogen-bond donors (Lipinski definition) is 3. The van der Waals surface area contributed by atoms with Gasteiger partial charge in [-0.1, -0.05) is 6.07 Å². The Kier molecular flexibility index (Phi) is 3.94. The Labute approximate surface area is 136 Å². The molecule has 2 aliphatic rings. The normalized spacial score (nSPS) is 23.0. The van der Waals surface area contributed by atoms with Crippen molar-refractivity contribution < 1.29 is 29.0 Å². The molecular formula is C15H15N3O6. The first kappa shape index (κ1) is 15.9. The van der Waals surface area contributed by atoms with Crippen LogP contribution in [-0.4, -0.2) is 52.5 Å². The molecule has 2 aliphatic heterocycles. The van der Waals surface area contributed by atoms with Crippen LogP contribution in [0, 0.1) is 0 Å². The molecule has 4 N–H and O–H groups in total. The molecule has 1 aromatic carbocycles. The molecule has 9 heteroatoms. The van der Waals surface area contributed by atoms with Gasteiger partial charge >= 0.3 is 0 Å². The molecule has 2 heterocycles. The van der Waals surface area contributed by atoms with E-state index < -0.39 is 42.5 Å². The van der Waals surface area contributed by atoms with E-state index in [1.807, 2.05) is 0 Å². The number of nitrogens with two attached hydrogens (primary N) is 1. The maximum atomic E-state index is 12.7. The van der Waals surface area contributed by atoms with E-state index in [1.165, 1.54) is 18.2 Å². The number of primary amides is 1. The van der Waals surface area contributed by atoms with Crippen molar-refractivity contribution in [3.05, 3.63) is 29.3 Å². The van der Waals surface area contributed by atoms with Crippen LogP contribution in [0.1, 0.15) is 33.6 Å². The van der Waals surface area contributed by atoms with Crippen molar-refractivity contribution in [2.45, 2.75) is 25.1 Å². The summed E-state index contributed by atoms with van der Waals surface area (Å²) in [7, 11) is 0. The third-order valence-corrected chi connectivity index (χ3v) is 3.91. The number of nitrogens with one attached hydrogen (secondary N) is 1. The van der Waals surface area contributed by atoms with Gasteiger partial charge in [0.05, 0.1) is 11.1 Å². The molecule has 24 heavy (non-hydrogen) atoms. The SMILES string of the molecule is NC(=O)COc1cccc2c1C(=O)N(C1CC[C@H](O)NC1=O)C2=O. The van der Waals surface area contributed by atoms with Crippen LogP contribution in [0.5, 0.6) is 5.75 Å². The molecular weight excluding hydrogens is 318 g/mol. The average Bonchev–Trinajstić information content (AvgIpc) is 2.78. The largest absolute Gasteiger partial charge is 0.483 e. The highest BCUT2D eigenvalue weighted by atomic mass is 16.5. The minimum absolute atomic E-state index is 0.00247. The van der Waals surface area contributed by atoms with Crippen molar-refractivity contribution in [2.75, 3.05) is 6.61 Å². The summed E-state index contributed by atoms with van der Waals surface area (Å²) >= 11 is 0. The summed E-state index contributed by atoms with van der Waals surface area (Å²) < 4.78 is 5.19. The number of fused-ring (bicyclic) bond motifs is 1. The highest BCUT2D eigenvalue weighted by molar-refractivity contribution is 6.24. The van der Waals surface area contributed by atoms with Gasteiger partial charge in [0.2, 0.25) is 5.91 Å². The average molecular weight is 333 g/mol. The fraction of sp³-hybridized carbons (Fsp3) is 0.333. The number of rotatable bonds is 4. The molecule has 0 aliphatic carbocycles. The Morgan fingerprint density at radius 2 is 2.04 bits per heavy atom. The van der Waals surface area contributed by atoms with Gasteiger partial charge in [0.1, 0.15) is 18.0 Å². The van der Waals surface area contributed by atoms with E-state index in [1.54, 1.807) is 0 Å². The van der Waals surface area contributed by atoms with E-state index in [9.17, 15) is 24.3 Å². The van der Waals surface area contributed by atoms with Crippen molar-refractivity contribution >= 4 is 23.6 Å². The van der Waals surface area contributed by atoms with Crippen molar-refractivity contribution in [1.82, 2.24) is 10.2 Å². The molecule has 9 nitrogen and oxygen atoms in total. The lowest BCUT2D eigenvalue weighted by Gasteiger charge is -2.31. The summed E-state index contributed by atoms with van der Waals surface area (Å²) in [6.45, 7) is -0.436. The summed E-state index contributed by atoms with van der Waals surface area (Å²) in [6, 6.07) is 3.41. The first-order valence-electron chi connectivity index (χ1n) is 7.30. The number of imide groups is 1. The van der Waals surface area contributed by atoms with Crippen molar-refractivity contribution in [3.63, 3.8) is 0 Å². The van der Waals surface area contributed by atoms with Gasteiger partial charge < -0.3 is 20.9 Å². The van der Waals surface area contributed by atoms with E-state index >= 15 is 0 Å². The Hall–Kier alpha value is -2.94. The third-order valence-electron chi connectivity index (χ3n) is 3.91. The van der Waals surface area contributed by atoms with Gasteiger partial charge in [0.25, 0.3) is 17.7 Å². The van der Waals surface area contributed by atoms with E-state index in [0.29, 0.717) is 0 Å². The van der Waals surface area contributed by atoms with Crippen LogP contribution < -0.4 is 15.8 Å². The fourth-order valence-corrected chi connectivity index (χ4v) is 2.85. The maximum Gasteiger partial charge on any atom is 0.266 e. The smallest absolute Gasteiger partial charge is 0.266 e. The predicted octanol–water partition coefficient (Wildman–Crippen LogP) is -1.26. The molecule has 0 saturated carbocycles. The number of carbonyl (C=O) groups excluding carboxylic acids is 4. The van der Waals surface area contributed by atoms with Crippen molar-refractivity contribution in [2.24, 2.45) is 5.73 Å². The minimum Gasteiger partial charge on any atom is -0.483 e. The highest BCUT2D eigenvalue weighted by Gasteiger charge is 2.45. The molecule has 1 unspecified atom stereocenters. The van der Waals surface area contributed by atoms with E-state index in [0.717, 1.165) is 4.90 Å². The van der Waals surface area contributed by atoms with Gasteiger partial charge in [-0.15, -0.1) is 0 Å². The summed E-state index contributed by atoms with van der Waals surface area (Å²) in [5.74, 6) is -2.55. The lowest BCUT2D eigenvalue weighted by atomic mass is 10.0. The molecule has 1 fully saturated rings. The summed E-state index contributed by atoms with van der Waals surface area (Å²) in [4.78, 5) is 49.0. The Morgan fingerprint density at radius 3 is 2.71 bits per heavy atom. The van der Waals surface area contributed by atoms with Gasteiger partial charge in [0.15, 0.2) is 6.61 Å². The summed E-state index contributed by atoms with van der Waals surface area (Å²) in [6.07, 6.45) is -0.594. The molecule has 2 atom stereocenters. The van der Waals surface area contributed by atoms with Gasteiger partial charge in [-0.2, -0.15) is 0 Å². The van der Waals surface area contributed by atoms with Crippen LogP contribution in [0.4, 0.5) is 0 Å². The second-order valence-corrected chi connectivity index (χ2v) is 5.53. The highest BCUT2D eigenvalue weighted by Crippen LogP contribution is 2.33. The number of aliphatic hydroxyl groups excluding tert-OH is 1. The monoisotopic (exact) mass is 333 g/mol. The third kappa shape index (κ3) is 2.58. The predicted molar refractivity (Wildman–Crippen MR) is 78.8 cm³/mol. The van der Waals surface area contributed by atoms with Gasteiger partial charge in [-0.25, -0.2) is 0 Å². The zero-order valence-corrected chi connectivity index (χ0v) is 12.5. The Morgan fingerprint density at radius 1 is 1.29 bits per heavy atom. The van der Waals surface area contributed by atoms with Crippen LogP contribution in [0.2, 0.25) is 0 Å². The topological polar surface area (TPSA) is 139 Å². The second-order valence-electron chi connectivity index (χ2n) is 5.53. The maximum absolute atomic E-state index is 12.7. The van der Waals surface area contributed by atoms with Gasteiger partial charge in [-0.05, 0) is 25.0 Å². The van der Waals surface area contributed by atoms with Gasteiger partial charge in [0, 0.05) is 0 Å². The van der Waals surface area contributed by atoms with Crippen molar-refractivity contribution in [1.29, 1.82) is 0 Å². The molecule has 0 aromatic heterocycles. The Bertz CT molecular complexity index is 747. The number of benzene rings is 1. The second kappa shape index (κ2) is 5.93. The first-order valence-corrected chi connectivity index (χ1v) is 7.30. The minimum atomic E-state index is -0.996. The van der Waals surface area contributed by atoms with Crippen LogP contribution >= 0.6 is 0 Å². The standard InChI is InChI=1S/C15H15N3O6/c16-10(19)6-24-9-3-1-2-7-12(9)15(23)18(14(7)22)8-4-5-11(20)17-13(8)21/h1-3,8,11,20H,4-6H2,(H2,16,19)(H,17,21)/t8?,11-/m0/s1. The Balaban J connectivity index is 1.92. The summed E-state index contributed by atoms with van der Waals surface area (Å²) in [5.41, 5.74) is 5.12. The molecule has 0 radical (unpaired) electrons. The van der Waals surface area contributed by atoms with E-state index in [-0.39, 0.29) is 29.7 Å². The van der Waals surface area contributed by atoms with Crippen LogP contribution in [0.15, 0.2) is 18.2 Å². The zero-order chi connectivity index (χ0) is 17.4. The number of amides is 4. The first-order chi connectivity index (χ1) is 11.4. The molecule has 126 valence electrons. The van der Waals surface area contributed by atoms with Crippen LogP contribution in [0.25, 0.3) is 0 Å². The molecule has 3 rings (SSSR count). The lowest BCUT2D eigenvalue weighted by molar-refractivity contribution is -0.131. The number of nitrogens with zero attached hydrogens (tertiary/aromatic N) is 1. The van der Waals surface area contributed by atoms with Gasteiger partial charge in [-0.3, -0.25) is 24.1 Å². The molecule has 4 amide bonds. The zero-order valence-electron chi connectivity index (χ0n) is 12.5. The van der Waals surface area contributed by atoms with Crippen LogP contribution in [-0.2, 0) is 9.59 Å². The summed E-state index contributed by atoms with van der Waals surface area (Å²) in [5, 5.41) is 11.7. The number of carbonyl (C=O) groups is 4. The molecule has 1 aromatic rings.